The maximum atomic E-state index is 14.1. The van der Waals surface area contributed by atoms with E-state index in [1.165, 1.54) is 11.0 Å². The van der Waals surface area contributed by atoms with Crippen LogP contribution in [0.15, 0.2) is 47.4 Å². The summed E-state index contributed by atoms with van der Waals surface area (Å²) in [7, 11) is 2.16. The molecule has 0 radical (unpaired) electrons. The lowest BCUT2D eigenvalue weighted by Gasteiger charge is -2.42. The fourth-order valence-corrected chi connectivity index (χ4v) is 9.21. The summed E-state index contributed by atoms with van der Waals surface area (Å²) in [6.45, 7) is 3.44. The van der Waals surface area contributed by atoms with Gasteiger partial charge in [0.15, 0.2) is 6.10 Å². The van der Waals surface area contributed by atoms with E-state index in [-0.39, 0.29) is 41.8 Å². The van der Waals surface area contributed by atoms with Crippen LogP contribution in [-0.2, 0) is 22.1 Å². The number of amides is 2. The van der Waals surface area contributed by atoms with Crippen molar-refractivity contribution in [3.63, 3.8) is 0 Å². The Bertz CT molecular complexity index is 2110. The van der Waals surface area contributed by atoms with Gasteiger partial charge < -0.3 is 30.2 Å². The maximum Gasteiger partial charge on any atom is 0.418 e. The quantitative estimate of drug-likeness (QED) is 0.266. The highest BCUT2D eigenvalue weighted by atomic mass is 35.5. The van der Waals surface area contributed by atoms with Gasteiger partial charge in [-0.2, -0.15) is 13.2 Å². The minimum absolute atomic E-state index is 0.0772. The molecule has 4 fully saturated rings. The first-order valence-corrected chi connectivity index (χ1v) is 18.6. The van der Waals surface area contributed by atoms with Gasteiger partial charge in [0.2, 0.25) is 0 Å². The van der Waals surface area contributed by atoms with Gasteiger partial charge in [0.05, 0.1) is 39.0 Å². The van der Waals surface area contributed by atoms with Crippen molar-refractivity contribution < 1.29 is 27.5 Å². The molecule has 2 amide bonds. The predicted molar refractivity (Wildman–Crippen MR) is 194 cm³/mol. The zero-order valence-corrected chi connectivity index (χ0v) is 30.1. The Hall–Kier alpha value is -4.34. The van der Waals surface area contributed by atoms with Crippen LogP contribution in [0.5, 0.6) is 0 Å². The number of halogens is 4. The Labute approximate surface area is 308 Å². The molecule has 2 aromatic carbocycles. The zero-order valence-electron chi connectivity index (χ0n) is 29.3. The molecule has 0 aliphatic carbocycles. The summed E-state index contributed by atoms with van der Waals surface area (Å²) in [5, 5.41) is 0.541. The zero-order chi connectivity index (χ0) is 37.2. The molecule has 2 unspecified atom stereocenters. The number of ether oxygens (including phenoxy) is 1. The highest BCUT2D eigenvalue weighted by Crippen LogP contribution is 2.39. The number of hydrogen-bond acceptors (Lipinski definition) is 8. The summed E-state index contributed by atoms with van der Waals surface area (Å²) in [4.78, 5) is 56.5. The van der Waals surface area contributed by atoms with Gasteiger partial charge >= 0.3 is 18.0 Å². The second-order valence-electron chi connectivity index (χ2n) is 14.9. The highest BCUT2D eigenvalue weighted by Gasteiger charge is 2.45. The molecule has 12 nitrogen and oxygen atoms in total. The number of imidazole rings is 1. The summed E-state index contributed by atoms with van der Waals surface area (Å²) >= 11 is 6.14. The summed E-state index contributed by atoms with van der Waals surface area (Å²) < 4.78 is 49.2. The number of hydrogen-bond donors (Lipinski definition) is 2. The number of nitrogens with zero attached hydrogens (tertiary/aromatic N) is 6. The first-order chi connectivity index (χ1) is 25.4. The maximum absolute atomic E-state index is 14.1. The third-order valence-corrected chi connectivity index (χ3v) is 12.1. The SMILES string of the molecule is CN1CC2CC1CN2C1CCN(C(=O)[C@@H](Cc2cc(Cl)c(N)c(C(F)(F)F)c2)OC(=O)N2CCC(n3c(=O)[nH]c4c5ccccc5ncc43)CC2)CC1. The highest BCUT2D eigenvalue weighted by molar-refractivity contribution is 6.33. The second kappa shape index (κ2) is 13.8. The van der Waals surface area contributed by atoms with Crippen LogP contribution in [-0.4, -0.2) is 117 Å². The number of aromatic nitrogens is 3. The fraction of sp³-hybridized carbons (Fsp3) is 0.514. The summed E-state index contributed by atoms with van der Waals surface area (Å²) in [6, 6.07) is 10.9. The third-order valence-electron chi connectivity index (χ3n) is 11.8. The molecule has 6 heterocycles. The number of anilines is 1. The number of piperidine rings is 2. The van der Waals surface area contributed by atoms with Gasteiger partial charge in [0.25, 0.3) is 5.91 Å². The number of rotatable bonds is 6. The van der Waals surface area contributed by atoms with Gasteiger partial charge in [-0.3, -0.25) is 19.2 Å². The van der Waals surface area contributed by atoms with Crippen molar-refractivity contribution in [2.45, 2.75) is 75.0 Å². The standard InChI is InChI=1S/C37H42ClF3N8O4/c1-45-19-25-17-24(45)20-48(25)22-6-10-46(11-7-22)34(50)31(16-21-14-27(37(39,40)41)32(42)28(38)15-21)53-36(52)47-12-8-23(9-13-47)49-30-18-43-29-5-3-2-4-26(29)33(30)44-35(49)51/h2-5,14-15,18,22-25,31H,6-13,16-17,19-20,42H2,1H3,(H,44,51)/t24?,25?,31-/m1/s1. The molecule has 53 heavy (non-hydrogen) atoms. The largest absolute Gasteiger partial charge is 0.436 e. The molecule has 2 bridgehead atoms. The van der Waals surface area contributed by atoms with Gasteiger partial charge in [-0.15, -0.1) is 0 Å². The third kappa shape index (κ3) is 6.71. The lowest BCUT2D eigenvalue weighted by atomic mass is 9.99. The number of carbonyl (C=O) groups is 2. The van der Waals surface area contributed by atoms with Crippen LogP contribution < -0.4 is 11.4 Å². The molecule has 8 rings (SSSR count). The first-order valence-electron chi connectivity index (χ1n) is 18.2. The Morgan fingerprint density at radius 1 is 1.00 bits per heavy atom. The van der Waals surface area contributed by atoms with E-state index in [0.717, 1.165) is 49.3 Å². The number of para-hydroxylation sites is 1. The van der Waals surface area contributed by atoms with Crippen molar-refractivity contribution in [2.75, 3.05) is 52.0 Å². The van der Waals surface area contributed by atoms with Gasteiger partial charge in [0.1, 0.15) is 0 Å². The number of nitrogens with two attached hydrogens (primary N) is 1. The molecule has 4 aromatic rings. The molecule has 4 aliphatic heterocycles. The van der Waals surface area contributed by atoms with E-state index in [1.54, 1.807) is 15.7 Å². The monoisotopic (exact) mass is 754 g/mol. The van der Waals surface area contributed by atoms with E-state index in [0.29, 0.717) is 55.1 Å². The van der Waals surface area contributed by atoms with Crippen molar-refractivity contribution in [1.82, 2.24) is 34.1 Å². The number of H-pyrrole nitrogens is 1. The molecule has 3 atom stereocenters. The number of benzene rings is 2. The van der Waals surface area contributed by atoms with Crippen LogP contribution >= 0.6 is 11.6 Å². The van der Waals surface area contributed by atoms with Gasteiger partial charge in [-0.05, 0) is 62.9 Å². The van der Waals surface area contributed by atoms with Gasteiger partial charge in [-0.1, -0.05) is 29.8 Å². The van der Waals surface area contributed by atoms with Crippen molar-refractivity contribution in [1.29, 1.82) is 0 Å². The first kappa shape index (κ1) is 35.7. The van der Waals surface area contributed by atoms with E-state index in [1.807, 2.05) is 24.3 Å². The molecule has 3 N–H and O–H groups in total. The minimum atomic E-state index is -4.77. The molecule has 4 saturated heterocycles. The number of nitrogen functional groups attached to an aromatic ring is 1. The van der Waals surface area contributed by atoms with E-state index in [4.69, 9.17) is 22.1 Å². The lowest BCUT2D eigenvalue weighted by Crippen LogP contribution is -2.54. The smallest absolute Gasteiger partial charge is 0.418 e. The number of fused-ring (bicyclic) bond motifs is 5. The van der Waals surface area contributed by atoms with E-state index < -0.39 is 35.5 Å². The Kier molecular flexibility index (Phi) is 9.30. The summed E-state index contributed by atoms with van der Waals surface area (Å²) in [6.07, 6.45) is -1.97. The molecule has 0 saturated carbocycles. The molecule has 0 spiro atoms. The summed E-state index contributed by atoms with van der Waals surface area (Å²) in [5.74, 6) is -0.457. The van der Waals surface area contributed by atoms with Crippen molar-refractivity contribution in [3.05, 3.63) is 69.2 Å². The normalized spacial score (nSPS) is 22.7. The predicted octanol–water partition coefficient (Wildman–Crippen LogP) is 4.90. The van der Waals surface area contributed by atoms with E-state index in [9.17, 15) is 27.6 Å². The number of nitrogens with one attached hydrogen (secondary N) is 1. The molecular formula is C37H42ClF3N8O4. The average molecular weight is 755 g/mol. The molecule has 2 aromatic heterocycles. The van der Waals surface area contributed by atoms with Crippen LogP contribution in [0.3, 0.4) is 0 Å². The average Bonchev–Trinajstić information content (AvgIpc) is 3.83. The second-order valence-corrected chi connectivity index (χ2v) is 15.3. The van der Waals surface area contributed by atoms with Crippen LogP contribution in [0.4, 0.5) is 23.7 Å². The number of aromatic amines is 1. The number of likely N-dealkylation sites (tertiary alicyclic amines) is 4. The molecular weight excluding hydrogens is 713 g/mol. The fourth-order valence-electron chi connectivity index (χ4n) is 8.97. The summed E-state index contributed by atoms with van der Waals surface area (Å²) in [5.41, 5.74) is 5.91. The van der Waals surface area contributed by atoms with Crippen LogP contribution in [0.1, 0.15) is 49.3 Å². The Morgan fingerprint density at radius 2 is 1.70 bits per heavy atom. The van der Waals surface area contributed by atoms with Crippen molar-refractivity contribution in [2.24, 2.45) is 0 Å². The van der Waals surface area contributed by atoms with Crippen LogP contribution in [0.25, 0.3) is 21.9 Å². The molecule has 4 aliphatic rings. The molecule has 16 heteroatoms. The molecule has 282 valence electrons. The van der Waals surface area contributed by atoms with Crippen molar-refractivity contribution >= 4 is 51.2 Å². The van der Waals surface area contributed by atoms with E-state index >= 15 is 0 Å². The minimum Gasteiger partial charge on any atom is -0.436 e. The Morgan fingerprint density at radius 3 is 2.38 bits per heavy atom. The van der Waals surface area contributed by atoms with Gasteiger partial charge in [-0.25, -0.2) is 9.59 Å². The lowest BCUT2D eigenvalue weighted by molar-refractivity contribution is -0.142. The Balaban J connectivity index is 0.973. The van der Waals surface area contributed by atoms with Gasteiger partial charge in [0, 0.05) is 75.2 Å². The number of piperazine rings is 1. The topological polar surface area (TPSA) is 133 Å². The van der Waals surface area contributed by atoms with Crippen LogP contribution in [0, 0.1) is 0 Å². The number of alkyl halides is 3. The number of carbonyl (C=O) groups excluding carboxylic acids is 2. The number of pyridine rings is 1. The van der Waals surface area contributed by atoms with Crippen molar-refractivity contribution in [3.8, 4) is 0 Å². The number of likely N-dealkylation sites (N-methyl/N-ethyl adjacent to an activating group) is 1. The van der Waals surface area contributed by atoms with E-state index in [2.05, 4.69) is 26.8 Å². The van der Waals surface area contributed by atoms with Crippen LogP contribution in [0.2, 0.25) is 5.02 Å².